The molecule has 1 saturated carbocycles. The number of nitrogens with zero attached hydrogens (tertiary/aromatic N) is 1. The standard InChI is InChI=1S/C14H18N2O5/c17-11-4-1-9(2-5-11)8-15-10-3-6-12(14(18)19)13(7-10)16(20)21/h3,6-7,9,11,15,17H,1-2,4-5,8H2,(H,18,19). The van der Waals surface area contributed by atoms with Crippen molar-refractivity contribution in [2.45, 2.75) is 31.8 Å². The smallest absolute Gasteiger partial charge is 0.342 e. The lowest BCUT2D eigenvalue weighted by Gasteiger charge is -2.25. The maximum absolute atomic E-state index is 10.9. The molecule has 114 valence electrons. The van der Waals surface area contributed by atoms with Gasteiger partial charge in [0.25, 0.3) is 5.69 Å². The minimum absolute atomic E-state index is 0.211. The van der Waals surface area contributed by atoms with Gasteiger partial charge >= 0.3 is 5.97 Å². The van der Waals surface area contributed by atoms with Gasteiger partial charge in [-0.15, -0.1) is 0 Å². The predicted octanol–water partition coefficient (Wildman–Crippen LogP) is 2.26. The highest BCUT2D eigenvalue weighted by molar-refractivity contribution is 5.93. The molecule has 7 heteroatoms. The van der Waals surface area contributed by atoms with Gasteiger partial charge in [-0.05, 0) is 43.7 Å². The molecule has 2 rings (SSSR count). The first kappa shape index (κ1) is 15.2. The average molecular weight is 294 g/mol. The van der Waals surface area contributed by atoms with Crippen molar-refractivity contribution in [1.29, 1.82) is 0 Å². The van der Waals surface area contributed by atoms with E-state index < -0.39 is 16.6 Å². The molecule has 0 heterocycles. The third kappa shape index (κ3) is 3.91. The number of carboxylic acids is 1. The lowest BCUT2D eigenvalue weighted by atomic mass is 9.87. The Morgan fingerprint density at radius 2 is 2.00 bits per heavy atom. The summed E-state index contributed by atoms with van der Waals surface area (Å²) in [5.41, 5.74) is -0.185. The molecular formula is C14H18N2O5. The number of rotatable bonds is 5. The van der Waals surface area contributed by atoms with Gasteiger partial charge in [-0.25, -0.2) is 4.79 Å². The maximum atomic E-state index is 10.9. The number of aliphatic hydroxyl groups excluding tert-OH is 1. The van der Waals surface area contributed by atoms with Gasteiger partial charge in [0.2, 0.25) is 0 Å². The van der Waals surface area contributed by atoms with Gasteiger partial charge in [0.1, 0.15) is 5.56 Å². The minimum atomic E-state index is -1.31. The predicted molar refractivity (Wildman–Crippen MR) is 76.5 cm³/mol. The summed E-state index contributed by atoms with van der Waals surface area (Å²) in [6.07, 6.45) is 3.19. The number of nitrogens with one attached hydrogen (secondary N) is 1. The van der Waals surface area contributed by atoms with E-state index in [1.165, 1.54) is 18.2 Å². The fraction of sp³-hybridized carbons (Fsp3) is 0.500. The Bertz CT molecular complexity index is 538. The average Bonchev–Trinajstić information content (AvgIpc) is 2.46. The molecule has 0 spiro atoms. The Balaban J connectivity index is 2.02. The van der Waals surface area contributed by atoms with E-state index in [4.69, 9.17) is 5.11 Å². The van der Waals surface area contributed by atoms with Crippen molar-refractivity contribution in [2.24, 2.45) is 5.92 Å². The Labute approximate surface area is 121 Å². The highest BCUT2D eigenvalue weighted by atomic mass is 16.6. The highest BCUT2D eigenvalue weighted by Gasteiger charge is 2.21. The summed E-state index contributed by atoms with van der Waals surface area (Å²) in [6, 6.07) is 4.03. The highest BCUT2D eigenvalue weighted by Crippen LogP contribution is 2.26. The molecule has 0 bridgehead atoms. The number of hydrogen-bond donors (Lipinski definition) is 3. The van der Waals surface area contributed by atoms with Gasteiger partial charge in [-0.2, -0.15) is 0 Å². The largest absolute Gasteiger partial charge is 0.477 e. The van der Waals surface area contributed by atoms with Gasteiger partial charge in [0.15, 0.2) is 0 Å². The molecule has 1 fully saturated rings. The second kappa shape index (κ2) is 6.53. The van der Waals surface area contributed by atoms with Crippen molar-refractivity contribution in [3.8, 4) is 0 Å². The Kier molecular flexibility index (Phi) is 4.74. The van der Waals surface area contributed by atoms with E-state index in [2.05, 4.69) is 5.32 Å². The molecule has 1 aromatic carbocycles. The lowest BCUT2D eigenvalue weighted by Crippen LogP contribution is -2.23. The summed E-state index contributed by atoms with van der Waals surface area (Å²) in [4.78, 5) is 21.1. The molecule has 0 saturated heterocycles. The van der Waals surface area contributed by atoms with Crippen LogP contribution in [0.15, 0.2) is 18.2 Å². The van der Waals surface area contributed by atoms with Crippen molar-refractivity contribution in [1.82, 2.24) is 0 Å². The van der Waals surface area contributed by atoms with Crippen molar-refractivity contribution < 1.29 is 19.9 Å². The fourth-order valence-electron chi connectivity index (χ4n) is 2.58. The van der Waals surface area contributed by atoms with Crippen molar-refractivity contribution in [2.75, 3.05) is 11.9 Å². The zero-order chi connectivity index (χ0) is 15.4. The summed E-state index contributed by atoms with van der Waals surface area (Å²) in [5, 5.41) is 32.4. The molecular weight excluding hydrogens is 276 g/mol. The molecule has 0 radical (unpaired) electrons. The number of aliphatic hydroxyl groups is 1. The molecule has 1 aliphatic carbocycles. The second-order valence-electron chi connectivity index (χ2n) is 5.35. The number of carboxylic acid groups (broad SMARTS) is 1. The molecule has 0 aromatic heterocycles. The van der Waals surface area contributed by atoms with Gasteiger partial charge < -0.3 is 15.5 Å². The molecule has 7 nitrogen and oxygen atoms in total. The van der Waals surface area contributed by atoms with Crippen molar-refractivity contribution >= 4 is 17.3 Å². The van der Waals surface area contributed by atoms with Crippen LogP contribution >= 0.6 is 0 Å². The van der Waals surface area contributed by atoms with Crippen LogP contribution in [0.2, 0.25) is 0 Å². The Hall–Kier alpha value is -2.15. The van der Waals surface area contributed by atoms with E-state index in [0.717, 1.165) is 25.7 Å². The van der Waals surface area contributed by atoms with Gasteiger partial charge in [-0.1, -0.05) is 0 Å². The number of nitro groups is 1. The molecule has 0 atom stereocenters. The first-order valence-electron chi connectivity index (χ1n) is 6.91. The molecule has 0 amide bonds. The van der Waals surface area contributed by atoms with Crippen molar-refractivity contribution in [3.63, 3.8) is 0 Å². The van der Waals surface area contributed by atoms with Crippen LogP contribution in [-0.4, -0.2) is 33.8 Å². The van der Waals surface area contributed by atoms with Crippen LogP contribution in [0.3, 0.4) is 0 Å². The van der Waals surface area contributed by atoms with Crippen LogP contribution in [0.4, 0.5) is 11.4 Å². The van der Waals surface area contributed by atoms with E-state index in [0.29, 0.717) is 18.2 Å². The van der Waals surface area contributed by atoms with Crippen LogP contribution in [0.1, 0.15) is 36.0 Å². The molecule has 0 unspecified atom stereocenters. The Morgan fingerprint density at radius 1 is 1.33 bits per heavy atom. The Morgan fingerprint density at radius 3 is 2.57 bits per heavy atom. The summed E-state index contributed by atoms with van der Waals surface area (Å²) in [7, 11) is 0. The minimum Gasteiger partial charge on any atom is -0.477 e. The lowest BCUT2D eigenvalue weighted by molar-refractivity contribution is -0.385. The molecule has 1 aliphatic rings. The first-order chi connectivity index (χ1) is 9.97. The van der Waals surface area contributed by atoms with Gasteiger partial charge in [-0.3, -0.25) is 10.1 Å². The maximum Gasteiger partial charge on any atom is 0.342 e. The summed E-state index contributed by atoms with van der Waals surface area (Å²) in [6.45, 7) is 0.663. The zero-order valence-electron chi connectivity index (χ0n) is 11.5. The monoisotopic (exact) mass is 294 g/mol. The number of aromatic carboxylic acids is 1. The molecule has 0 aliphatic heterocycles. The van der Waals surface area contributed by atoms with Crippen LogP contribution in [0.25, 0.3) is 0 Å². The number of anilines is 1. The van der Waals surface area contributed by atoms with Crippen molar-refractivity contribution in [3.05, 3.63) is 33.9 Å². The molecule has 3 N–H and O–H groups in total. The third-order valence-electron chi connectivity index (χ3n) is 3.84. The summed E-state index contributed by atoms with van der Waals surface area (Å²) >= 11 is 0. The molecule has 21 heavy (non-hydrogen) atoms. The SMILES string of the molecule is O=C(O)c1ccc(NCC2CCC(O)CC2)cc1[N+](=O)[O-]. The quantitative estimate of drug-likeness (QED) is 0.567. The van der Waals surface area contributed by atoms with Crippen LogP contribution in [-0.2, 0) is 0 Å². The normalized spacial score (nSPS) is 21.8. The first-order valence-corrected chi connectivity index (χ1v) is 6.91. The van der Waals surface area contributed by atoms with Crippen LogP contribution < -0.4 is 5.32 Å². The van der Waals surface area contributed by atoms with E-state index in [-0.39, 0.29) is 11.7 Å². The number of carbonyl (C=O) groups is 1. The van der Waals surface area contributed by atoms with E-state index in [9.17, 15) is 20.0 Å². The summed E-state index contributed by atoms with van der Waals surface area (Å²) < 4.78 is 0. The van der Waals surface area contributed by atoms with Crippen LogP contribution in [0.5, 0.6) is 0 Å². The fourth-order valence-corrected chi connectivity index (χ4v) is 2.58. The van der Waals surface area contributed by atoms with E-state index in [1.54, 1.807) is 0 Å². The second-order valence-corrected chi connectivity index (χ2v) is 5.35. The van der Waals surface area contributed by atoms with E-state index in [1.807, 2.05) is 0 Å². The molecule has 1 aromatic rings. The van der Waals surface area contributed by atoms with Crippen LogP contribution in [0, 0.1) is 16.0 Å². The van der Waals surface area contributed by atoms with Gasteiger partial charge in [0, 0.05) is 18.3 Å². The number of hydrogen-bond acceptors (Lipinski definition) is 5. The van der Waals surface area contributed by atoms with Gasteiger partial charge in [0.05, 0.1) is 11.0 Å². The topological polar surface area (TPSA) is 113 Å². The third-order valence-corrected chi connectivity index (χ3v) is 3.84. The number of benzene rings is 1. The summed E-state index contributed by atoms with van der Waals surface area (Å²) in [5.74, 6) is -0.888. The van der Waals surface area contributed by atoms with E-state index >= 15 is 0 Å². The zero-order valence-corrected chi connectivity index (χ0v) is 11.5. The number of nitro benzene ring substituents is 1.